The maximum Gasteiger partial charge on any atom is 0.306 e. The molecule has 1 rings (SSSR count). The number of rotatable bonds is 5. The Morgan fingerprint density at radius 2 is 2.17 bits per heavy atom. The zero-order valence-corrected chi connectivity index (χ0v) is 11.9. The van der Waals surface area contributed by atoms with E-state index in [1.807, 2.05) is 33.0 Å². The van der Waals surface area contributed by atoms with E-state index >= 15 is 0 Å². The molecule has 5 heteroatoms. The molecule has 0 atom stereocenters. The predicted octanol–water partition coefficient (Wildman–Crippen LogP) is 1.67. The Morgan fingerprint density at radius 3 is 2.67 bits per heavy atom. The summed E-state index contributed by atoms with van der Waals surface area (Å²) in [4.78, 5) is 4.32. The standard InChI is InChI=1S/C13H23BN2O2/c1-10(9-16-11-7-6-8-15-11)14-18-13(4,5)12(2,3)17/h6,8-9,14,17H,7H2,1-5H3,(H,15,16)/b10-9+. The quantitative estimate of drug-likeness (QED) is 0.730. The Bertz CT molecular complexity index is 369. The summed E-state index contributed by atoms with van der Waals surface area (Å²) in [7, 11) is 0.460. The first-order valence-electron chi connectivity index (χ1n) is 6.22. The molecule has 0 aliphatic carbocycles. The molecule has 0 bridgehead atoms. The van der Waals surface area contributed by atoms with E-state index in [0.29, 0.717) is 7.48 Å². The SMILES string of the molecule is C/C(BOC(C)(C)C(C)(C)O)=C\N=C1/CC=CN1. The number of hydrogen-bond donors (Lipinski definition) is 2. The summed E-state index contributed by atoms with van der Waals surface area (Å²) in [6, 6.07) is 0. The van der Waals surface area contributed by atoms with Crippen molar-refractivity contribution in [3.8, 4) is 0 Å². The van der Waals surface area contributed by atoms with Gasteiger partial charge in [-0.1, -0.05) is 11.5 Å². The zero-order chi connectivity index (χ0) is 13.8. The van der Waals surface area contributed by atoms with Gasteiger partial charge in [-0.15, -0.1) is 0 Å². The molecule has 100 valence electrons. The lowest BCUT2D eigenvalue weighted by atomic mass is 9.83. The minimum atomic E-state index is -0.879. The van der Waals surface area contributed by atoms with Crippen molar-refractivity contribution in [2.24, 2.45) is 4.99 Å². The van der Waals surface area contributed by atoms with Crippen molar-refractivity contribution in [1.82, 2.24) is 5.32 Å². The Balaban J connectivity index is 2.48. The molecule has 4 nitrogen and oxygen atoms in total. The third-order valence-electron chi connectivity index (χ3n) is 3.25. The fourth-order valence-electron chi connectivity index (χ4n) is 1.17. The van der Waals surface area contributed by atoms with Gasteiger partial charge in [0.2, 0.25) is 0 Å². The van der Waals surface area contributed by atoms with Crippen LogP contribution in [0.3, 0.4) is 0 Å². The van der Waals surface area contributed by atoms with Crippen LogP contribution in [0.15, 0.2) is 28.9 Å². The van der Waals surface area contributed by atoms with Crippen molar-refractivity contribution in [3.05, 3.63) is 23.9 Å². The van der Waals surface area contributed by atoms with Gasteiger partial charge in [0.25, 0.3) is 0 Å². The Kier molecular flexibility index (Phi) is 4.76. The van der Waals surface area contributed by atoms with Crippen LogP contribution in [0.1, 0.15) is 41.0 Å². The van der Waals surface area contributed by atoms with Crippen molar-refractivity contribution >= 4 is 13.3 Å². The van der Waals surface area contributed by atoms with Crippen LogP contribution in [0.4, 0.5) is 0 Å². The molecule has 0 aromatic heterocycles. The molecule has 18 heavy (non-hydrogen) atoms. The van der Waals surface area contributed by atoms with Crippen LogP contribution in [0.2, 0.25) is 0 Å². The van der Waals surface area contributed by atoms with Gasteiger partial charge in [0.1, 0.15) is 5.84 Å². The molecule has 0 saturated carbocycles. The first-order chi connectivity index (χ1) is 8.22. The van der Waals surface area contributed by atoms with Gasteiger partial charge < -0.3 is 15.1 Å². The van der Waals surface area contributed by atoms with Crippen molar-refractivity contribution < 1.29 is 9.76 Å². The van der Waals surface area contributed by atoms with Gasteiger partial charge in [-0.05, 0) is 40.8 Å². The van der Waals surface area contributed by atoms with Crippen LogP contribution in [0.25, 0.3) is 0 Å². The molecule has 0 saturated heterocycles. The topological polar surface area (TPSA) is 53.9 Å². The molecule has 0 amide bonds. The Morgan fingerprint density at radius 1 is 1.50 bits per heavy atom. The minimum Gasteiger partial charge on any atom is -0.427 e. The predicted molar refractivity (Wildman–Crippen MR) is 76.7 cm³/mol. The van der Waals surface area contributed by atoms with E-state index in [-0.39, 0.29) is 0 Å². The van der Waals surface area contributed by atoms with E-state index in [1.165, 1.54) is 0 Å². The van der Waals surface area contributed by atoms with E-state index in [2.05, 4.69) is 10.3 Å². The van der Waals surface area contributed by atoms with Crippen LogP contribution in [-0.4, -0.2) is 29.6 Å². The fourth-order valence-corrected chi connectivity index (χ4v) is 1.17. The first kappa shape index (κ1) is 15.0. The van der Waals surface area contributed by atoms with Gasteiger partial charge in [0, 0.05) is 12.6 Å². The van der Waals surface area contributed by atoms with Gasteiger partial charge in [0.15, 0.2) is 0 Å². The molecule has 0 unspecified atom stereocenters. The van der Waals surface area contributed by atoms with Crippen molar-refractivity contribution in [3.63, 3.8) is 0 Å². The number of aliphatic hydroxyl groups is 1. The maximum absolute atomic E-state index is 9.97. The number of amidine groups is 1. The normalized spacial score (nSPS) is 19.2. The largest absolute Gasteiger partial charge is 0.427 e. The van der Waals surface area contributed by atoms with Crippen molar-refractivity contribution in [2.75, 3.05) is 0 Å². The molecular weight excluding hydrogens is 227 g/mol. The van der Waals surface area contributed by atoms with Crippen LogP contribution in [0.5, 0.6) is 0 Å². The minimum absolute atomic E-state index is 0.460. The van der Waals surface area contributed by atoms with Crippen LogP contribution in [0, 0.1) is 0 Å². The lowest BCUT2D eigenvalue weighted by Crippen LogP contribution is -2.48. The molecule has 0 fully saturated rings. The number of hydrogen-bond acceptors (Lipinski definition) is 3. The fraction of sp³-hybridized carbons (Fsp3) is 0.615. The molecule has 1 aliphatic rings. The van der Waals surface area contributed by atoms with E-state index in [0.717, 1.165) is 17.7 Å². The Hall–Kier alpha value is -1.07. The summed E-state index contributed by atoms with van der Waals surface area (Å²) in [5, 5.41) is 13.0. The smallest absolute Gasteiger partial charge is 0.306 e. The van der Waals surface area contributed by atoms with Crippen molar-refractivity contribution in [2.45, 2.75) is 52.2 Å². The highest BCUT2D eigenvalue weighted by Crippen LogP contribution is 2.24. The second-order valence-electron chi connectivity index (χ2n) is 5.66. The van der Waals surface area contributed by atoms with Gasteiger partial charge in [-0.25, -0.2) is 4.99 Å². The summed E-state index contributed by atoms with van der Waals surface area (Å²) < 4.78 is 5.75. The average molecular weight is 250 g/mol. The van der Waals surface area contributed by atoms with Crippen LogP contribution in [-0.2, 0) is 4.65 Å². The molecular formula is C13H23BN2O2. The maximum atomic E-state index is 9.97. The number of nitrogens with one attached hydrogen (secondary N) is 1. The van der Waals surface area contributed by atoms with Gasteiger partial charge in [-0.3, -0.25) is 0 Å². The highest BCUT2D eigenvalue weighted by atomic mass is 16.5. The summed E-state index contributed by atoms with van der Waals surface area (Å²) in [6.07, 6.45) is 6.56. The molecule has 0 aromatic rings. The van der Waals surface area contributed by atoms with E-state index in [4.69, 9.17) is 4.65 Å². The lowest BCUT2D eigenvalue weighted by Gasteiger charge is -2.37. The van der Waals surface area contributed by atoms with Crippen LogP contribution >= 0.6 is 0 Å². The molecule has 0 spiro atoms. The zero-order valence-electron chi connectivity index (χ0n) is 11.9. The number of allylic oxidation sites excluding steroid dienone is 1. The van der Waals surface area contributed by atoms with Crippen LogP contribution < -0.4 is 5.32 Å². The van der Waals surface area contributed by atoms with Gasteiger partial charge in [-0.2, -0.15) is 0 Å². The third-order valence-corrected chi connectivity index (χ3v) is 3.25. The molecule has 2 N–H and O–H groups in total. The molecule has 0 aromatic carbocycles. The van der Waals surface area contributed by atoms with E-state index in [9.17, 15) is 5.11 Å². The molecule has 1 heterocycles. The van der Waals surface area contributed by atoms with Crippen molar-refractivity contribution in [1.29, 1.82) is 0 Å². The van der Waals surface area contributed by atoms with Gasteiger partial charge in [0.05, 0.1) is 11.2 Å². The number of aliphatic imine (C=N–C) groups is 1. The second-order valence-corrected chi connectivity index (χ2v) is 5.66. The first-order valence-corrected chi connectivity index (χ1v) is 6.22. The Labute approximate surface area is 110 Å². The van der Waals surface area contributed by atoms with E-state index in [1.54, 1.807) is 20.0 Å². The summed E-state index contributed by atoms with van der Waals surface area (Å²) in [6.45, 7) is 9.23. The van der Waals surface area contributed by atoms with E-state index < -0.39 is 11.2 Å². The second kappa shape index (κ2) is 5.72. The highest BCUT2D eigenvalue weighted by molar-refractivity contribution is 6.37. The average Bonchev–Trinajstić information content (AvgIpc) is 2.74. The highest BCUT2D eigenvalue weighted by Gasteiger charge is 2.35. The molecule has 0 radical (unpaired) electrons. The third kappa shape index (κ3) is 4.31. The number of nitrogens with zero attached hydrogens (tertiary/aromatic N) is 1. The summed E-state index contributed by atoms with van der Waals surface area (Å²) in [5.41, 5.74) is -0.452. The molecule has 1 aliphatic heterocycles. The van der Waals surface area contributed by atoms with Gasteiger partial charge >= 0.3 is 7.48 Å². The summed E-state index contributed by atoms with van der Waals surface area (Å²) >= 11 is 0. The monoisotopic (exact) mass is 250 g/mol. The summed E-state index contributed by atoms with van der Waals surface area (Å²) in [5.74, 6) is 0.941. The lowest BCUT2D eigenvalue weighted by molar-refractivity contribution is -0.0896.